The molecule has 0 unspecified atom stereocenters. The molecule has 0 radical (unpaired) electrons. The lowest BCUT2D eigenvalue weighted by atomic mass is 10.2. The molecule has 6 heteroatoms. The predicted molar refractivity (Wildman–Crippen MR) is 91.3 cm³/mol. The van der Waals surface area contributed by atoms with Gasteiger partial charge in [-0.3, -0.25) is 14.7 Å². The maximum atomic E-state index is 12.6. The Morgan fingerprint density at radius 1 is 0.913 bits per heavy atom. The third-order valence-corrected chi connectivity index (χ3v) is 4.40. The third-order valence-electron chi connectivity index (χ3n) is 3.57. The number of benzene rings is 2. The van der Waals surface area contributed by atoms with E-state index in [0.29, 0.717) is 15.9 Å². The van der Waals surface area contributed by atoms with Crippen molar-refractivity contribution in [2.75, 3.05) is 0 Å². The molecule has 0 aliphatic carbocycles. The quantitative estimate of drug-likeness (QED) is 0.617. The van der Waals surface area contributed by atoms with Gasteiger partial charge in [0.25, 0.3) is 11.1 Å². The fourth-order valence-corrected chi connectivity index (χ4v) is 3.23. The third kappa shape index (κ3) is 2.29. The molecule has 0 aliphatic rings. The van der Waals surface area contributed by atoms with Crippen LogP contribution in [0.25, 0.3) is 27.2 Å². The fourth-order valence-electron chi connectivity index (χ4n) is 2.44. The van der Waals surface area contributed by atoms with Gasteiger partial charge in [-0.25, -0.2) is 4.98 Å². The van der Waals surface area contributed by atoms with Crippen LogP contribution in [-0.4, -0.2) is 14.8 Å². The molecule has 4 aromatic rings. The lowest BCUT2D eigenvalue weighted by Gasteiger charge is -2.03. The Hall–Kier alpha value is -2.99. The fraction of sp³-hybridized carbons (Fsp3) is 0. The minimum absolute atomic E-state index is 0.283. The highest BCUT2D eigenvalue weighted by atomic mass is 32.1. The van der Waals surface area contributed by atoms with E-state index in [4.69, 9.17) is 0 Å². The Balaban J connectivity index is 1.91. The molecule has 2 aromatic heterocycles. The van der Waals surface area contributed by atoms with Gasteiger partial charge in [-0.15, -0.1) is 11.3 Å². The molecule has 0 amide bonds. The van der Waals surface area contributed by atoms with Crippen molar-refractivity contribution in [2.45, 2.75) is 0 Å². The van der Waals surface area contributed by atoms with Crippen molar-refractivity contribution in [1.29, 1.82) is 0 Å². The average molecular weight is 321 g/mol. The smallest absolute Gasteiger partial charge is 0.267 e. The minimum atomic E-state index is -0.309. The summed E-state index contributed by atoms with van der Waals surface area (Å²) in [4.78, 5) is 29.2. The average Bonchev–Trinajstić information content (AvgIpc) is 3.09. The topological polar surface area (TPSA) is 67.8 Å². The van der Waals surface area contributed by atoms with Gasteiger partial charge in [0.2, 0.25) is 5.13 Å². The summed E-state index contributed by atoms with van der Waals surface area (Å²) in [5.41, 5.74) is 1.14. The van der Waals surface area contributed by atoms with Crippen LogP contribution in [-0.2, 0) is 0 Å². The van der Waals surface area contributed by atoms with Gasteiger partial charge in [-0.2, -0.15) is 4.68 Å². The van der Waals surface area contributed by atoms with Gasteiger partial charge in [0.1, 0.15) is 0 Å². The molecule has 0 aliphatic heterocycles. The molecule has 0 spiro atoms. The summed E-state index contributed by atoms with van der Waals surface area (Å²) in [6, 6.07) is 16.4. The molecule has 5 nitrogen and oxygen atoms in total. The van der Waals surface area contributed by atoms with Crippen LogP contribution in [0, 0.1) is 0 Å². The molecule has 2 aromatic carbocycles. The lowest BCUT2D eigenvalue weighted by molar-refractivity contribution is 0.795. The predicted octanol–water partition coefficient (Wildman–Crippen LogP) is 2.80. The maximum absolute atomic E-state index is 12.6. The number of nitrogens with one attached hydrogen (secondary N) is 1. The monoisotopic (exact) mass is 321 g/mol. The maximum Gasteiger partial charge on any atom is 0.279 e. The number of fused-ring (bicyclic) bond motifs is 1. The van der Waals surface area contributed by atoms with Crippen molar-refractivity contribution in [3.05, 3.63) is 80.7 Å². The van der Waals surface area contributed by atoms with Crippen molar-refractivity contribution in [1.82, 2.24) is 14.8 Å². The van der Waals surface area contributed by atoms with Crippen LogP contribution in [0.3, 0.4) is 0 Å². The summed E-state index contributed by atoms with van der Waals surface area (Å²) < 4.78 is 1.21. The van der Waals surface area contributed by atoms with E-state index in [1.807, 2.05) is 35.7 Å². The molecular weight excluding hydrogens is 310 g/mol. The summed E-state index contributed by atoms with van der Waals surface area (Å²) in [5, 5.41) is 5.67. The van der Waals surface area contributed by atoms with Crippen molar-refractivity contribution in [2.24, 2.45) is 0 Å². The Morgan fingerprint density at radius 2 is 1.61 bits per heavy atom. The number of rotatable bonds is 2. The van der Waals surface area contributed by atoms with E-state index < -0.39 is 0 Å². The van der Waals surface area contributed by atoms with E-state index >= 15 is 0 Å². The number of aromatic amines is 1. The van der Waals surface area contributed by atoms with Crippen LogP contribution in [0.1, 0.15) is 0 Å². The van der Waals surface area contributed by atoms with Gasteiger partial charge in [-0.1, -0.05) is 42.5 Å². The van der Waals surface area contributed by atoms with Crippen LogP contribution in [0.2, 0.25) is 0 Å². The van der Waals surface area contributed by atoms with Crippen molar-refractivity contribution >= 4 is 22.1 Å². The zero-order valence-electron chi connectivity index (χ0n) is 11.9. The number of hydrogen-bond acceptors (Lipinski definition) is 4. The highest BCUT2D eigenvalue weighted by molar-refractivity contribution is 7.12. The van der Waals surface area contributed by atoms with E-state index in [1.165, 1.54) is 16.0 Å². The Bertz CT molecular complexity index is 1110. The van der Waals surface area contributed by atoms with Crippen molar-refractivity contribution in [3.63, 3.8) is 0 Å². The Kier molecular flexibility index (Phi) is 3.17. The lowest BCUT2D eigenvalue weighted by Crippen LogP contribution is -2.28. The molecule has 0 bridgehead atoms. The van der Waals surface area contributed by atoms with E-state index in [0.717, 1.165) is 11.3 Å². The minimum Gasteiger partial charge on any atom is -0.267 e. The SMILES string of the molecule is O=c1[nH]n(-c2nc(-c3ccccc3)cs2)c(=O)c2ccccc12. The summed E-state index contributed by atoms with van der Waals surface area (Å²) in [5.74, 6) is 0. The highest BCUT2D eigenvalue weighted by Gasteiger charge is 2.11. The van der Waals surface area contributed by atoms with Gasteiger partial charge in [0.15, 0.2) is 0 Å². The van der Waals surface area contributed by atoms with E-state index in [-0.39, 0.29) is 11.1 Å². The first-order valence-corrected chi connectivity index (χ1v) is 7.87. The molecule has 112 valence electrons. The molecule has 2 heterocycles. The number of hydrogen-bond donors (Lipinski definition) is 1. The molecule has 0 saturated carbocycles. The van der Waals surface area contributed by atoms with Crippen LogP contribution < -0.4 is 11.1 Å². The second kappa shape index (κ2) is 5.33. The zero-order valence-corrected chi connectivity index (χ0v) is 12.7. The molecule has 0 fully saturated rings. The van der Waals surface area contributed by atoms with Crippen LogP contribution in [0.15, 0.2) is 69.6 Å². The number of nitrogens with zero attached hydrogens (tertiary/aromatic N) is 2. The van der Waals surface area contributed by atoms with Gasteiger partial charge in [0, 0.05) is 10.9 Å². The summed E-state index contributed by atoms with van der Waals surface area (Å²) in [7, 11) is 0. The second-order valence-corrected chi connectivity index (χ2v) is 5.84. The van der Waals surface area contributed by atoms with Crippen molar-refractivity contribution in [3.8, 4) is 16.4 Å². The van der Waals surface area contributed by atoms with E-state index in [1.54, 1.807) is 24.3 Å². The Morgan fingerprint density at radius 3 is 2.39 bits per heavy atom. The van der Waals surface area contributed by atoms with Gasteiger partial charge < -0.3 is 0 Å². The molecule has 4 rings (SSSR count). The first-order chi connectivity index (χ1) is 11.2. The molecule has 0 atom stereocenters. The summed E-state index contributed by atoms with van der Waals surface area (Å²) >= 11 is 1.31. The first-order valence-electron chi connectivity index (χ1n) is 6.99. The molecule has 23 heavy (non-hydrogen) atoms. The molecule has 0 saturated heterocycles. The highest BCUT2D eigenvalue weighted by Crippen LogP contribution is 2.22. The first kappa shape index (κ1) is 13.7. The zero-order chi connectivity index (χ0) is 15.8. The summed E-state index contributed by atoms with van der Waals surface area (Å²) in [6.07, 6.45) is 0. The van der Waals surface area contributed by atoms with Gasteiger partial charge >= 0.3 is 0 Å². The van der Waals surface area contributed by atoms with Gasteiger partial charge in [0.05, 0.1) is 16.5 Å². The molecule has 1 N–H and O–H groups in total. The van der Waals surface area contributed by atoms with Crippen molar-refractivity contribution < 1.29 is 0 Å². The number of aromatic nitrogens is 3. The van der Waals surface area contributed by atoms with E-state index in [9.17, 15) is 9.59 Å². The largest absolute Gasteiger partial charge is 0.279 e. The Labute approximate surface area is 134 Å². The number of thiazole rings is 1. The number of H-pyrrole nitrogens is 1. The van der Waals surface area contributed by atoms with Crippen LogP contribution >= 0.6 is 11.3 Å². The van der Waals surface area contributed by atoms with E-state index in [2.05, 4.69) is 10.1 Å². The standard InChI is InChI=1S/C17H11N3O2S/c21-15-12-8-4-5-9-13(12)16(22)20(19-15)17-18-14(10-23-17)11-6-2-1-3-7-11/h1-10H,(H,19,21). The molecular formula is C17H11N3O2S. The van der Waals surface area contributed by atoms with Gasteiger partial charge in [-0.05, 0) is 12.1 Å². The second-order valence-electron chi connectivity index (χ2n) is 5.01. The normalized spacial score (nSPS) is 11.0. The van der Waals surface area contributed by atoms with Crippen LogP contribution in [0.5, 0.6) is 0 Å². The summed E-state index contributed by atoms with van der Waals surface area (Å²) in [6.45, 7) is 0. The van der Waals surface area contributed by atoms with Crippen LogP contribution in [0.4, 0.5) is 0 Å².